The van der Waals surface area contributed by atoms with E-state index in [1.165, 1.54) is 0 Å². The Labute approximate surface area is 96.8 Å². The normalized spacial score (nSPS) is 11.2. The molecule has 16 heavy (non-hydrogen) atoms. The Kier molecular flexibility index (Phi) is 6.03. The van der Waals surface area contributed by atoms with E-state index in [0.717, 1.165) is 0 Å². The molecule has 94 valence electrons. The first-order valence-electron chi connectivity index (χ1n) is 5.46. The van der Waals surface area contributed by atoms with Crippen LogP contribution in [-0.4, -0.2) is 47.6 Å². The zero-order chi connectivity index (χ0) is 12.8. The number of carbonyl (C=O) groups excluding carboxylic acids is 1. The van der Waals surface area contributed by atoms with Crippen molar-refractivity contribution in [1.29, 1.82) is 0 Å². The van der Waals surface area contributed by atoms with Crippen LogP contribution in [0.5, 0.6) is 0 Å². The number of carboxylic acid groups (broad SMARTS) is 1. The topological polar surface area (TPSA) is 69.6 Å². The minimum Gasteiger partial charge on any atom is -0.481 e. The summed E-state index contributed by atoms with van der Waals surface area (Å²) in [7, 11) is 1.78. The minimum atomic E-state index is -0.879. The van der Waals surface area contributed by atoms with Crippen molar-refractivity contribution in [1.82, 2.24) is 10.2 Å². The van der Waals surface area contributed by atoms with Gasteiger partial charge in [0.05, 0.1) is 6.42 Å². The van der Waals surface area contributed by atoms with Crippen LogP contribution in [0.3, 0.4) is 0 Å². The summed E-state index contributed by atoms with van der Waals surface area (Å²) in [4.78, 5) is 24.0. The highest BCUT2D eigenvalue weighted by molar-refractivity contribution is 5.78. The summed E-state index contributed by atoms with van der Waals surface area (Å²) in [6.45, 7) is 6.60. The third-order valence-electron chi connectivity index (χ3n) is 2.25. The maximum Gasteiger partial charge on any atom is 0.305 e. The zero-order valence-corrected chi connectivity index (χ0v) is 10.5. The number of nitrogens with one attached hydrogen (secondary N) is 1. The fourth-order valence-corrected chi connectivity index (χ4v) is 1.41. The van der Waals surface area contributed by atoms with Gasteiger partial charge in [-0.25, -0.2) is 0 Å². The highest BCUT2D eigenvalue weighted by Gasteiger charge is 2.25. The Hall–Kier alpha value is -1.10. The van der Waals surface area contributed by atoms with Gasteiger partial charge in [0, 0.05) is 25.0 Å². The third-order valence-corrected chi connectivity index (χ3v) is 2.25. The van der Waals surface area contributed by atoms with Crippen LogP contribution >= 0.6 is 0 Å². The lowest BCUT2D eigenvalue weighted by Crippen LogP contribution is -2.47. The molecular formula is C11H22N2O3. The van der Waals surface area contributed by atoms with Crippen molar-refractivity contribution < 1.29 is 14.7 Å². The lowest BCUT2D eigenvalue weighted by Gasteiger charge is -2.35. The average molecular weight is 230 g/mol. The van der Waals surface area contributed by atoms with Gasteiger partial charge in [-0.05, 0) is 27.8 Å². The standard InChI is InChI=1S/C11H22N2O3/c1-11(2,3)13(8-6-10(15)16)9(14)5-7-12-4/h12H,5-8H2,1-4H3,(H,15,16). The van der Waals surface area contributed by atoms with Crippen molar-refractivity contribution >= 4 is 11.9 Å². The van der Waals surface area contributed by atoms with Gasteiger partial charge < -0.3 is 15.3 Å². The molecule has 0 aromatic carbocycles. The van der Waals surface area contributed by atoms with Gasteiger partial charge in [0.2, 0.25) is 5.91 Å². The van der Waals surface area contributed by atoms with Gasteiger partial charge in [-0.3, -0.25) is 9.59 Å². The lowest BCUT2D eigenvalue weighted by molar-refractivity contribution is -0.140. The van der Waals surface area contributed by atoms with Crippen LogP contribution in [-0.2, 0) is 9.59 Å². The van der Waals surface area contributed by atoms with E-state index in [0.29, 0.717) is 13.0 Å². The van der Waals surface area contributed by atoms with Crippen molar-refractivity contribution in [2.45, 2.75) is 39.2 Å². The molecule has 1 amide bonds. The van der Waals surface area contributed by atoms with Gasteiger partial charge in [0.25, 0.3) is 0 Å². The first-order chi connectivity index (χ1) is 7.29. The Bertz CT molecular complexity index is 246. The molecular weight excluding hydrogens is 208 g/mol. The Balaban J connectivity index is 4.42. The van der Waals surface area contributed by atoms with E-state index in [9.17, 15) is 9.59 Å². The second-order valence-electron chi connectivity index (χ2n) is 4.71. The number of carboxylic acids is 1. The molecule has 0 atom stereocenters. The van der Waals surface area contributed by atoms with Gasteiger partial charge in [0.1, 0.15) is 0 Å². The van der Waals surface area contributed by atoms with Crippen molar-refractivity contribution in [3.05, 3.63) is 0 Å². The smallest absolute Gasteiger partial charge is 0.305 e. The maximum absolute atomic E-state index is 11.9. The first kappa shape index (κ1) is 14.9. The van der Waals surface area contributed by atoms with Gasteiger partial charge in [-0.2, -0.15) is 0 Å². The van der Waals surface area contributed by atoms with E-state index in [1.54, 1.807) is 11.9 Å². The predicted molar refractivity (Wildman–Crippen MR) is 62.3 cm³/mol. The van der Waals surface area contributed by atoms with E-state index >= 15 is 0 Å². The monoisotopic (exact) mass is 230 g/mol. The summed E-state index contributed by atoms with van der Waals surface area (Å²) in [6, 6.07) is 0. The van der Waals surface area contributed by atoms with Crippen LogP contribution in [0, 0.1) is 0 Å². The molecule has 2 N–H and O–H groups in total. The molecule has 0 bridgehead atoms. The second-order valence-corrected chi connectivity index (χ2v) is 4.71. The summed E-state index contributed by atoms with van der Waals surface area (Å²) in [5.41, 5.74) is -0.333. The molecule has 0 heterocycles. The largest absolute Gasteiger partial charge is 0.481 e. The van der Waals surface area contributed by atoms with Crippen molar-refractivity contribution in [3.8, 4) is 0 Å². The Morgan fingerprint density at radius 2 is 1.81 bits per heavy atom. The summed E-state index contributed by atoms with van der Waals surface area (Å²) < 4.78 is 0. The number of carbonyl (C=O) groups is 2. The number of nitrogens with zero attached hydrogens (tertiary/aromatic N) is 1. The fourth-order valence-electron chi connectivity index (χ4n) is 1.41. The molecule has 0 saturated heterocycles. The number of rotatable bonds is 6. The second kappa shape index (κ2) is 6.48. The third kappa shape index (κ3) is 5.70. The van der Waals surface area contributed by atoms with Crippen LogP contribution in [0.15, 0.2) is 0 Å². The molecule has 0 fully saturated rings. The number of aliphatic carboxylic acids is 1. The number of amides is 1. The maximum atomic E-state index is 11.9. The van der Waals surface area contributed by atoms with E-state index in [4.69, 9.17) is 5.11 Å². The molecule has 0 aliphatic heterocycles. The highest BCUT2D eigenvalue weighted by atomic mass is 16.4. The summed E-state index contributed by atoms with van der Waals surface area (Å²) in [6.07, 6.45) is 0.385. The average Bonchev–Trinajstić information content (AvgIpc) is 2.12. The van der Waals surface area contributed by atoms with E-state index in [1.807, 2.05) is 20.8 Å². The molecule has 0 radical (unpaired) electrons. The molecule has 0 spiro atoms. The molecule has 0 aliphatic carbocycles. The predicted octanol–water partition coefficient (Wildman–Crippen LogP) is 0.698. The van der Waals surface area contributed by atoms with Crippen LogP contribution in [0.1, 0.15) is 33.6 Å². The van der Waals surface area contributed by atoms with Gasteiger partial charge in [-0.1, -0.05) is 0 Å². The van der Waals surface area contributed by atoms with Crippen LogP contribution in [0.25, 0.3) is 0 Å². The summed E-state index contributed by atoms with van der Waals surface area (Å²) in [5.74, 6) is -0.890. The molecule has 0 unspecified atom stereocenters. The van der Waals surface area contributed by atoms with Crippen molar-refractivity contribution in [2.24, 2.45) is 0 Å². The Morgan fingerprint density at radius 3 is 2.19 bits per heavy atom. The van der Waals surface area contributed by atoms with E-state index in [2.05, 4.69) is 5.32 Å². The zero-order valence-electron chi connectivity index (χ0n) is 10.5. The van der Waals surface area contributed by atoms with Crippen LogP contribution in [0.2, 0.25) is 0 Å². The fraction of sp³-hybridized carbons (Fsp3) is 0.818. The van der Waals surface area contributed by atoms with Gasteiger partial charge in [0.15, 0.2) is 0 Å². The quantitative estimate of drug-likeness (QED) is 0.704. The molecule has 0 aromatic heterocycles. The molecule has 0 aliphatic rings. The first-order valence-corrected chi connectivity index (χ1v) is 5.46. The van der Waals surface area contributed by atoms with Crippen LogP contribution < -0.4 is 5.32 Å². The summed E-state index contributed by atoms with van der Waals surface area (Å²) >= 11 is 0. The summed E-state index contributed by atoms with van der Waals surface area (Å²) in [5, 5.41) is 11.5. The number of hydrogen-bond acceptors (Lipinski definition) is 3. The van der Waals surface area contributed by atoms with Crippen molar-refractivity contribution in [3.63, 3.8) is 0 Å². The van der Waals surface area contributed by atoms with E-state index < -0.39 is 5.97 Å². The molecule has 5 heteroatoms. The highest BCUT2D eigenvalue weighted by Crippen LogP contribution is 2.15. The van der Waals surface area contributed by atoms with Crippen molar-refractivity contribution in [2.75, 3.05) is 20.1 Å². The van der Waals surface area contributed by atoms with Gasteiger partial charge in [-0.15, -0.1) is 0 Å². The van der Waals surface area contributed by atoms with E-state index in [-0.39, 0.29) is 24.4 Å². The minimum absolute atomic E-state index is 0.0110. The van der Waals surface area contributed by atoms with Crippen LogP contribution in [0.4, 0.5) is 0 Å². The molecule has 0 aromatic rings. The molecule has 5 nitrogen and oxygen atoms in total. The SMILES string of the molecule is CNCCC(=O)N(CCC(=O)O)C(C)(C)C. The molecule has 0 saturated carbocycles. The number of hydrogen-bond donors (Lipinski definition) is 2. The lowest BCUT2D eigenvalue weighted by atomic mass is 10.0. The van der Waals surface area contributed by atoms with Gasteiger partial charge >= 0.3 is 5.97 Å². The Morgan fingerprint density at radius 1 is 1.25 bits per heavy atom. The molecule has 0 rings (SSSR count).